The quantitative estimate of drug-likeness (QED) is 0.810. The molecular formula is C17H25F3N4O4. The number of hydrogen-bond acceptors (Lipinski definition) is 5. The summed E-state index contributed by atoms with van der Waals surface area (Å²) in [5.74, 6) is -2.13. The van der Waals surface area contributed by atoms with Gasteiger partial charge in [-0.2, -0.15) is 18.3 Å². The number of ether oxygens (including phenoxy) is 1. The molecule has 2 aliphatic rings. The van der Waals surface area contributed by atoms with E-state index in [1.165, 1.54) is 5.56 Å². The van der Waals surface area contributed by atoms with Gasteiger partial charge in [0.1, 0.15) is 6.10 Å². The average molecular weight is 406 g/mol. The number of amides is 1. The topological polar surface area (TPSA) is 87.9 Å². The number of carboxylic acids is 1. The van der Waals surface area contributed by atoms with Gasteiger partial charge < -0.3 is 14.7 Å². The lowest BCUT2D eigenvalue weighted by molar-refractivity contribution is -0.192. The van der Waals surface area contributed by atoms with Crippen LogP contribution in [0.15, 0.2) is 12.4 Å². The summed E-state index contributed by atoms with van der Waals surface area (Å²) in [6, 6.07) is 0. The second-order valence-electron chi connectivity index (χ2n) is 7.24. The number of carboxylic acid groups (broad SMARTS) is 1. The Morgan fingerprint density at radius 1 is 1.39 bits per heavy atom. The van der Waals surface area contributed by atoms with E-state index in [-0.39, 0.29) is 18.1 Å². The standard InChI is InChI=1S/C15H24N4O2.C2HF3O2/c1-17(2)15(20)13-6-12-4-5-19(10-14(12)21-13)9-11-7-16-18(3)8-11;3-2(4,5)1(6)7/h7-8,12-14H,4-6,9-10H2,1-3H3;(H,6,7)/t12-,13-,14+;/m0./s1. The lowest BCUT2D eigenvalue weighted by Crippen LogP contribution is -2.42. The normalized spacial score (nSPS) is 24.9. The molecule has 0 aliphatic carbocycles. The molecule has 1 amide bonds. The average Bonchev–Trinajstić information content (AvgIpc) is 3.19. The van der Waals surface area contributed by atoms with E-state index >= 15 is 0 Å². The molecule has 0 radical (unpaired) electrons. The van der Waals surface area contributed by atoms with Crippen LogP contribution in [0.2, 0.25) is 0 Å². The first-order chi connectivity index (χ1) is 13.0. The number of likely N-dealkylation sites (N-methyl/N-ethyl adjacent to an activating group) is 1. The highest BCUT2D eigenvalue weighted by Gasteiger charge is 2.42. The fourth-order valence-corrected chi connectivity index (χ4v) is 3.40. The minimum atomic E-state index is -5.08. The van der Waals surface area contributed by atoms with Crippen LogP contribution in [0.25, 0.3) is 0 Å². The van der Waals surface area contributed by atoms with Crippen molar-refractivity contribution in [2.75, 3.05) is 27.2 Å². The SMILES string of the molecule is CN(C)C(=O)[C@@H]1C[C@@H]2CCN(Cc3cnn(C)c3)C[C@H]2O1.O=C(O)C(F)(F)F. The second-order valence-corrected chi connectivity index (χ2v) is 7.24. The van der Waals surface area contributed by atoms with Crippen molar-refractivity contribution in [1.82, 2.24) is 19.6 Å². The van der Waals surface area contributed by atoms with Crippen LogP contribution in [0, 0.1) is 5.92 Å². The fourth-order valence-electron chi connectivity index (χ4n) is 3.40. The number of likely N-dealkylation sites (tertiary alicyclic amines) is 1. The van der Waals surface area contributed by atoms with E-state index in [0.717, 1.165) is 32.5 Å². The van der Waals surface area contributed by atoms with Crippen LogP contribution >= 0.6 is 0 Å². The van der Waals surface area contributed by atoms with Crippen molar-refractivity contribution in [3.05, 3.63) is 18.0 Å². The van der Waals surface area contributed by atoms with E-state index in [0.29, 0.717) is 5.92 Å². The fraction of sp³-hybridized carbons (Fsp3) is 0.706. The molecule has 158 valence electrons. The van der Waals surface area contributed by atoms with Crippen molar-refractivity contribution < 1.29 is 32.6 Å². The zero-order chi connectivity index (χ0) is 21.1. The molecule has 3 heterocycles. The smallest absolute Gasteiger partial charge is 0.475 e. The summed E-state index contributed by atoms with van der Waals surface area (Å²) in [5, 5.41) is 11.3. The molecule has 3 rings (SSSR count). The molecule has 8 nitrogen and oxygen atoms in total. The van der Waals surface area contributed by atoms with E-state index in [2.05, 4.69) is 16.2 Å². The van der Waals surface area contributed by atoms with Crippen molar-refractivity contribution in [2.45, 2.75) is 37.8 Å². The van der Waals surface area contributed by atoms with Gasteiger partial charge in [-0.15, -0.1) is 0 Å². The van der Waals surface area contributed by atoms with Gasteiger partial charge in [-0.3, -0.25) is 14.4 Å². The number of aryl methyl sites for hydroxylation is 1. The number of hydrogen-bond donors (Lipinski definition) is 1. The molecule has 2 fully saturated rings. The molecule has 0 spiro atoms. The van der Waals surface area contributed by atoms with Gasteiger partial charge in [-0.05, 0) is 25.3 Å². The van der Waals surface area contributed by atoms with Crippen LogP contribution in [-0.2, 0) is 27.9 Å². The van der Waals surface area contributed by atoms with E-state index in [4.69, 9.17) is 14.6 Å². The molecule has 1 aromatic rings. The number of alkyl halides is 3. The van der Waals surface area contributed by atoms with Crippen LogP contribution < -0.4 is 0 Å². The summed E-state index contributed by atoms with van der Waals surface area (Å²) in [6.07, 6.45) is 0.836. The molecule has 1 aromatic heterocycles. The van der Waals surface area contributed by atoms with E-state index in [9.17, 15) is 18.0 Å². The molecule has 0 unspecified atom stereocenters. The Hall–Kier alpha value is -2.14. The number of nitrogens with zero attached hydrogens (tertiary/aromatic N) is 4. The highest BCUT2D eigenvalue weighted by atomic mass is 19.4. The number of aromatic nitrogens is 2. The van der Waals surface area contributed by atoms with Crippen molar-refractivity contribution >= 4 is 11.9 Å². The van der Waals surface area contributed by atoms with Crippen LogP contribution in [0.3, 0.4) is 0 Å². The molecular weight excluding hydrogens is 381 g/mol. The molecule has 0 bridgehead atoms. The third-order valence-electron chi connectivity index (χ3n) is 4.76. The van der Waals surface area contributed by atoms with E-state index in [1.807, 2.05) is 17.9 Å². The van der Waals surface area contributed by atoms with E-state index < -0.39 is 12.1 Å². The zero-order valence-corrected chi connectivity index (χ0v) is 16.0. The summed E-state index contributed by atoms with van der Waals surface area (Å²) in [4.78, 5) is 25.0. The maximum atomic E-state index is 12.0. The van der Waals surface area contributed by atoms with Gasteiger partial charge in [0.15, 0.2) is 0 Å². The first kappa shape index (κ1) is 22.2. The molecule has 0 saturated carbocycles. The Morgan fingerprint density at radius 2 is 2.04 bits per heavy atom. The van der Waals surface area contributed by atoms with Gasteiger partial charge in [0.2, 0.25) is 0 Å². The third kappa shape index (κ3) is 5.93. The Labute approximate surface area is 160 Å². The molecule has 2 aliphatic heterocycles. The van der Waals surface area contributed by atoms with Gasteiger partial charge in [0.05, 0.1) is 12.3 Å². The van der Waals surface area contributed by atoms with Gasteiger partial charge >= 0.3 is 12.1 Å². The van der Waals surface area contributed by atoms with Crippen LogP contribution in [0.4, 0.5) is 13.2 Å². The Morgan fingerprint density at radius 3 is 2.54 bits per heavy atom. The molecule has 2 saturated heterocycles. The second kappa shape index (κ2) is 8.91. The number of carbonyl (C=O) groups is 2. The van der Waals surface area contributed by atoms with Crippen molar-refractivity contribution in [3.63, 3.8) is 0 Å². The first-order valence-electron chi connectivity index (χ1n) is 8.84. The van der Waals surface area contributed by atoms with Gasteiger partial charge in [-0.25, -0.2) is 4.79 Å². The summed E-state index contributed by atoms with van der Waals surface area (Å²) >= 11 is 0. The Balaban J connectivity index is 0.000000345. The highest BCUT2D eigenvalue weighted by molar-refractivity contribution is 5.80. The molecule has 1 N–H and O–H groups in total. The molecule has 0 aromatic carbocycles. The predicted molar refractivity (Wildman–Crippen MR) is 92.3 cm³/mol. The maximum Gasteiger partial charge on any atom is 0.490 e. The lowest BCUT2D eigenvalue weighted by Gasteiger charge is -2.33. The third-order valence-corrected chi connectivity index (χ3v) is 4.76. The van der Waals surface area contributed by atoms with Crippen LogP contribution in [0.5, 0.6) is 0 Å². The molecule has 28 heavy (non-hydrogen) atoms. The number of carbonyl (C=O) groups excluding carboxylic acids is 1. The summed E-state index contributed by atoms with van der Waals surface area (Å²) in [7, 11) is 5.53. The Kier molecular flexibility index (Phi) is 7.05. The van der Waals surface area contributed by atoms with Crippen LogP contribution in [-0.4, -0.2) is 82.1 Å². The number of halogens is 3. The summed E-state index contributed by atoms with van der Waals surface area (Å²) in [5.41, 5.74) is 1.23. The monoisotopic (exact) mass is 406 g/mol. The van der Waals surface area contributed by atoms with Crippen molar-refractivity contribution in [3.8, 4) is 0 Å². The number of rotatable bonds is 3. The van der Waals surface area contributed by atoms with Crippen LogP contribution in [0.1, 0.15) is 18.4 Å². The molecule has 3 atom stereocenters. The minimum absolute atomic E-state index is 0.100. The Bertz CT molecular complexity index is 692. The van der Waals surface area contributed by atoms with Gasteiger partial charge in [0, 0.05) is 46.0 Å². The highest BCUT2D eigenvalue weighted by Crippen LogP contribution is 2.34. The lowest BCUT2D eigenvalue weighted by atomic mass is 9.91. The number of aliphatic carboxylic acids is 1. The summed E-state index contributed by atoms with van der Waals surface area (Å²) in [6.45, 7) is 2.89. The maximum absolute atomic E-state index is 12.0. The predicted octanol–water partition coefficient (Wildman–Crippen LogP) is 1.12. The van der Waals surface area contributed by atoms with Gasteiger partial charge in [0.25, 0.3) is 5.91 Å². The number of fused-ring (bicyclic) bond motifs is 1. The largest absolute Gasteiger partial charge is 0.490 e. The van der Waals surface area contributed by atoms with Crippen molar-refractivity contribution in [1.29, 1.82) is 0 Å². The minimum Gasteiger partial charge on any atom is -0.475 e. The van der Waals surface area contributed by atoms with Gasteiger partial charge in [-0.1, -0.05) is 0 Å². The zero-order valence-electron chi connectivity index (χ0n) is 16.0. The van der Waals surface area contributed by atoms with E-state index in [1.54, 1.807) is 19.0 Å². The summed E-state index contributed by atoms with van der Waals surface area (Å²) < 4.78 is 39.6. The first-order valence-corrected chi connectivity index (χ1v) is 8.84. The molecule has 11 heteroatoms. The number of piperidine rings is 1. The van der Waals surface area contributed by atoms with Crippen molar-refractivity contribution in [2.24, 2.45) is 13.0 Å².